The second-order valence-electron chi connectivity index (χ2n) is 25.8. The smallest absolute Gasteiger partial charge is 0.332 e. The first kappa shape index (κ1) is 44.5. The lowest BCUT2D eigenvalue weighted by Gasteiger charge is -2.44. The number of benzene rings is 8. The van der Waals surface area contributed by atoms with Gasteiger partial charge in [0.25, 0.3) is 0 Å². The number of ether oxygens (including phenoxy) is 1. The predicted octanol–water partition coefficient (Wildman–Crippen LogP) is 17.8. The Kier molecular flexibility index (Phi) is 8.67. The van der Waals surface area contributed by atoms with Crippen molar-refractivity contribution >= 4 is 78.9 Å². The first-order valence-electron chi connectivity index (χ1n) is 27.7. The lowest BCUT2D eigenvalue weighted by Crippen LogP contribution is -2.54. The Morgan fingerprint density at radius 3 is 2.00 bits per heavy atom. The number of anilines is 2. The van der Waals surface area contributed by atoms with E-state index in [4.69, 9.17) is 9.15 Å². The van der Waals surface area contributed by atoms with E-state index in [2.05, 4.69) is 242 Å². The minimum absolute atomic E-state index is 0.00308. The van der Waals surface area contributed by atoms with Crippen LogP contribution in [0.15, 0.2) is 185 Å². The Labute approximate surface area is 446 Å². The van der Waals surface area contributed by atoms with E-state index in [1.165, 1.54) is 110 Å². The van der Waals surface area contributed by atoms with Crippen LogP contribution in [-0.4, -0.2) is 11.4 Å². The third-order valence-corrected chi connectivity index (χ3v) is 19.2. The van der Waals surface area contributed by atoms with Gasteiger partial charge in [0.1, 0.15) is 23.0 Å². The summed E-state index contributed by atoms with van der Waals surface area (Å²) in [5.41, 5.74) is 26.2. The summed E-state index contributed by atoms with van der Waals surface area (Å²) in [4.78, 5) is 2.67. The molecule has 2 atom stereocenters. The van der Waals surface area contributed by atoms with E-state index in [0.29, 0.717) is 0 Å². The largest absolute Gasteiger partial charge is 0.484 e. The molecule has 0 N–H and O–H groups in total. The number of hydrogen-bond donors (Lipinski definition) is 0. The fourth-order valence-electron chi connectivity index (χ4n) is 14.9. The van der Waals surface area contributed by atoms with Crippen molar-refractivity contribution in [2.75, 3.05) is 4.81 Å². The number of hydrogen-bond acceptors (Lipinski definition) is 3. The van der Waals surface area contributed by atoms with Crippen LogP contribution in [0.3, 0.4) is 0 Å². The average Bonchev–Trinajstić information content (AvgIpc) is 4.24. The SMILES string of the molecule is CC(C)(C)c1ccc(N2B3C4=CC5C(=C(c6ccccc6)OC5c5ccccc5)C=C4n4c5cc6c(cc5c5ccc(c3c54)-c3cc4c(cc32)oc2cc3c(cc24)C(C)(C)CCC3(C)C)-c2ccccc2C6(C)C)cc1. The maximum atomic E-state index is 7.34. The summed E-state index contributed by atoms with van der Waals surface area (Å²) in [6, 6.07) is 59.9. The molecule has 0 bridgehead atoms. The van der Waals surface area contributed by atoms with Gasteiger partial charge in [0.05, 0.1) is 11.0 Å². The van der Waals surface area contributed by atoms with Crippen molar-refractivity contribution in [1.29, 1.82) is 0 Å². The maximum Gasteiger partial charge on any atom is 0.332 e. The van der Waals surface area contributed by atoms with Crippen molar-refractivity contribution in [1.82, 2.24) is 4.57 Å². The van der Waals surface area contributed by atoms with Crippen LogP contribution in [0.2, 0.25) is 0 Å². The van der Waals surface area contributed by atoms with E-state index in [1.54, 1.807) is 0 Å². The average molecular weight is 985 g/mol. The van der Waals surface area contributed by atoms with Crippen LogP contribution in [0.4, 0.5) is 11.4 Å². The number of allylic oxidation sites excluding steroid dienone is 3. The molecule has 4 nitrogen and oxygen atoms in total. The van der Waals surface area contributed by atoms with Crippen molar-refractivity contribution in [3.05, 3.63) is 220 Å². The normalized spacial score (nSPS) is 20.0. The van der Waals surface area contributed by atoms with E-state index < -0.39 is 0 Å². The molecule has 0 radical (unpaired) electrons. The zero-order chi connectivity index (χ0) is 51.5. The topological polar surface area (TPSA) is 30.5 Å². The molecule has 10 aromatic rings. The number of nitrogens with zero attached hydrogens (tertiary/aromatic N) is 2. The molecule has 2 aromatic heterocycles. The Balaban J connectivity index is 1.04. The molecule has 5 heterocycles. The Bertz CT molecular complexity index is 4320. The molecule has 3 aliphatic heterocycles. The van der Waals surface area contributed by atoms with Crippen LogP contribution >= 0.6 is 0 Å². The van der Waals surface area contributed by atoms with E-state index in [0.717, 1.165) is 46.7 Å². The first-order chi connectivity index (χ1) is 36.5. The second kappa shape index (κ2) is 14.8. The lowest BCUT2D eigenvalue weighted by atomic mass is 9.42. The molecular weight excluding hydrogens is 924 g/mol. The molecule has 0 amide bonds. The van der Waals surface area contributed by atoms with E-state index in [1.807, 2.05) is 0 Å². The van der Waals surface area contributed by atoms with Crippen molar-refractivity contribution in [2.24, 2.45) is 5.92 Å². The van der Waals surface area contributed by atoms with Crippen molar-refractivity contribution in [3.63, 3.8) is 0 Å². The van der Waals surface area contributed by atoms with Crippen LogP contribution in [0.5, 0.6) is 0 Å². The zero-order valence-electron chi connectivity index (χ0n) is 45.0. The molecule has 16 rings (SSSR count). The van der Waals surface area contributed by atoms with Gasteiger partial charge in [-0.25, -0.2) is 0 Å². The van der Waals surface area contributed by atoms with Gasteiger partial charge in [-0.1, -0.05) is 178 Å². The first-order valence-corrected chi connectivity index (χ1v) is 27.7. The standard InChI is InChI=1S/C71H61BN2O2/c1-68(2,3)42-24-26-43(27-25-42)74-60-39-63-50(51-34-56-57(38-62(51)75-63)70(6,7)31-30-69(56,4)5)33-48(60)45-28-29-46-49-32-47-44-22-16-17-23-54(44)71(8,9)55(47)37-59(49)73-61-36-53-52(35-58(61)72(74)64(45)65(46)73)66(40-18-12-10-13-19-40)76-67(53)41-20-14-11-15-21-41/h10-29,32-39,52,66H,30-31H2,1-9H3. The molecule has 0 fully saturated rings. The minimum atomic E-state index is -0.205. The molecule has 2 unspecified atom stereocenters. The van der Waals surface area contributed by atoms with E-state index in [9.17, 15) is 0 Å². The van der Waals surface area contributed by atoms with E-state index >= 15 is 0 Å². The highest BCUT2D eigenvalue weighted by Crippen LogP contribution is 2.58. The summed E-state index contributed by atoms with van der Waals surface area (Å²) < 4.78 is 17.2. The summed E-state index contributed by atoms with van der Waals surface area (Å²) in [5, 5.41) is 4.94. The fraction of sp³-hybridized carbons (Fsp3) is 0.239. The highest BCUT2D eigenvalue weighted by Gasteiger charge is 2.50. The quantitative estimate of drug-likeness (QED) is 0.165. The summed E-state index contributed by atoms with van der Waals surface area (Å²) >= 11 is 0. The maximum absolute atomic E-state index is 7.34. The third kappa shape index (κ3) is 5.87. The van der Waals surface area contributed by atoms with Gasteiger partial charge in [-0.2, -0.15) is 0 Å². The minimum Gasteiger partial charge on any atom is -0.484 e. The number of fused-ring (bicyclic) bond motifs is 16. The van der Waals surface area contributed by atoms with Gasteiger partial charge in [0.2, 0.25) is 0 Å². The van der Waals surface area contributed by atoms with Gasteiger partial charge in [0.15, 0.2) is 0 Å². The van der Waals surface area contributed by atoms with Crippen LogP contribution in [0.1, 0.15) is 120 Å². The molecule has 370 valence electrons. The van der Waals surface area contributed by atoms with Crippen LogP contribution in [0, 0.1) is 5.92 Å². The lowest BCUT2D eigenvalue weighted by molar-refractivity contribution is 0.169. The number of rotatable bonds is 3. The summed E-state index contributed by atoms with van der Waals surface area (Å²) in [5.74, 6) is 0.917. The summed E-state index contributed by atoms with van der Waals surface area (Å²) in [6.45, 7) is 21.2. The molecule has 6 aliphatic rings. The zero-order valence-corrected chi connectivity index (χ0v) is 45.0. The third-order valence-electron chi connectivity index (χ3n) is 19.2. The predicted molar refractivity (Wildman–Crippen MR) is 317 cm³/mol. The van der Waals surface area contributed by atoms with Gasteiger partial charge < -0.3 is 18.5 Å². The highest BCUT2D eigenvalue weighted by molar-refractivity contribution is 6.90. The molecule has 0 saturated carbocycles. The van der Waals surface area contributed by atoms with Gasteiger partial charge in [-0.05, 0) is 139 Å². The van der Waals surface area contributed by atoms with Crippen molar-refractivity contribution in [3.8, 4) is 22.3 Å². The van der Waals surface area contributed by atoms with Crippen LogP contribution in [0.25, 0.3) is 77.5 Å². The van der Waals surface area contributed by atoms with Crippen LogP contribution < -0.4 is 10.3 Å². The molecule has 8 aromatic carbocycles. The van der Waals surface area contributed by atoms with Crippen molar-refractivity contribution in [2.45, 2.75) is 103 Å². The van der Waals surface area contributed by atoms with Gasteiger partial charge in [-0.3, -0.25) is 0 Å². The summed E-state index contributed by atoms with van der Waals surface area (Å²) in [6.07, 6.45) is 7.25. The molecule has 0 spiro atoms. The van der Waals surface area contributed by atoms with Gasteiger partial charge in [0, 0.05) is 72.7 Å². The Morgan fingerprint density at radius 1 is 0.579 bits per heavy atom. The summed E-state index contributed by atoms with van der Waals surface area (Å²) in [7, 11) is 0. The fourth-order valence-corrected chi connectivity index (χ4v) is 14.9. The molecule has 5 heteroatoms. The molecular formula is C71H61BN2O2. The molecule has 76 heavy (non-hydrogen) atoms. The van der Waals surface area contributed by atoms with Gasteiger partial charge >= 0.3 is 6.85 Å². The highest BCUT2D eigenvalue weighted by atomic mass is 16.5. The molecule has 0 saturated heterocycles. The van der Waals surface area contributed by atoms with Crippen LogP contribution in [-0.2, 0) is 26.4 Å². The number of furan rings is 1. The number of aromatic nitrogens is 1. The van der Waals surface area contributed by atoms with Crippen molar-refractivity contribution < 1.29 is 9.15 Å². The Morgan fingerprint density at radius 2 is 1.25 bits per heavy atom. The monoisotopic (exact) mass is 984 g/mol. The second-order valence-corrected chi connectivity index (χ2v) is 25.8. The molecule has 3 aliphatic carbocycles. The van der Waals surface area contributed by atoms with E-state index in [-0.39, 0.29) is 40.5 Å². The van der Waals surface area contributed by atoms with Gasteiger partial charge in [-0.15, -0.1) is 0 Å². The Hall–Kier alpha value is -7.76.